The van der Waals surface area contributed by atoms with Crippen molar-refractivity contribution in [2.24, 2.45) is 0 Å². The number of nitrogens with one attached hydrogen (secondary N) is 1. The highest BCUT2D eigenvalue weighted by molar-refractivity contribution is 8.14. The number of hydrogen-bond donors (Lipinski definition) is 1. The summed E-state index contributed by atoms with van der Waals surface area (Å²) >= 11 is 0.960. The second kappa shape index (κ2) is 7.56. The van der Waals surface area contributed by atoms with E-state index < -0.39 is 0 Å². The first-order valence-corrected chi connectivity index (χ1v) is 7.68. The van der Waals surface area contributed by atoms with Crippen molar-refractivity contribution in [1.82, 2.24) is 0 Å². The minimum atomic E-state index is -0.259. The molecule has 112 valence electrons. The minimum absolute atomic E-state index is 0.0260. The zero-order valence-electron chi connectivity index (χ0n) is 12.0. The Morgan fingerprint density at radius 2 is 1.55 bits per heavy atom. The van der Waals surface area contributed by atoms with Crippen LogP contribution in [0.3, 0.4) is 0 Å². The summed E-state index contributed by atoms with van der Waals surface area (Å²) in [5.74, 6) is -0.242. The number of benzene rings is 2. The van der Waals surface area contributed by atoms with Crippen molar-refractivity contribution in [1.29, 1.82) is 0 Å². The van der Waals surface area contributed by atoms with Crippen molar-refractivity contribution in [2.75, 3.05) is 11.1 Å². The molecule has 0 heterocycles. The van der Waals surface area contributed by atoms with Gasteiger partial charge in [0.1, 0.15) is 0 Å². The maximum absolute atomic E-state index is 11.9. The van der Waals surface area contributed by atoms with E-state index in [0.717, 1.165) is 11.8 Å². The van der Waals surface area contributed by atoms with Crippen molar-refractivity contribution in [3.63, 3.8) is 0 Å². The molecule has 0 aliphatic heterocycles. The minimum Gasteiger partial charge on any atom is -0.325 e. The van der Waals surface area contributed by atoms with Crippen molar-refractivity contribution in [2.45, 2.75) is 6.92 Å². The largest absolute Gasteiger partial charge is 0.325 e. The van der Waals surface area contributed by atoms with Gasteiger partial charge in [0.25, 0.3) is 0 Å². The van der Waals surface area contributed by atoms with Crippen LogP contribution in [-0.4, -0.2) is 22.6 Å². The van der Waals surface area contributed by atoms with E-state index in [0.29, 0.717) is 16.8 Å². The third-order valence-electron chi connectivity index (χ3n) is 2.92. The van der Waals surface area contributed by atoms with E-state index in [2.05, 4.69) is 5.32 Å². The van der Waals surface area contributed by atoms with E-state index in [1.807, 2.05) is 6.07 Å². The molecule has 0 aliphatic carbocycles. The van der Waals surface area contributed by atoms with E-state index in [1.165, 1.54) is 6.92 Å². The van der Waals surface area contributed by atoms with E-state index >= 15 is 0 Å². The third-order valence-corrected chi connectivity index (χ3v) is 3.82. The Balaban J connectivity index is 1.85. The summed E-state index contributed by atoms with van der Waals surface area (Å²) in [4.78, 5) is 34.8. The topological polar surface area (TPSA) is 63.2 Å². The number of Topliss-reactive ketones (excluding diaryl/α,β-unsaturated/α-hetero) is 1. The monoisotopic (exact) mass is 313 g/mol. The van der Waals surface area contributed by atoms with Crippen LogP contribution in [0.25, 0.3) is 0 Å². The van der Waals surface area contributed by atoms with Crippen molar-refractivity contribution < 1.29 is 14.4 Å². The summed E-state index contributed by atoms with van der Waals surface area (Å²) in [6.45, 7) is 1.49. The fourth-order valence-corrected chi connectivity index (χ4v) is 2.41. The van der Waals surface area contributed by atoms with Crippen LogP contribution in [-0.2, 0) is 4.79 Å². The molecule has 1 amide bonds. The number of thioether (sulfide) groups is 1. The fraction of sp³-hybridized carbons (Fsp3) is 0.118. The highest BCUT2D eigenvalue weighted by Crippen LogP contribution is 2.14. The highest BCUT2D eigenvalue weighted by Gasteiger charge is 2.10. The number of amides is 1. The molecule has 0 aliphatic rings. The first-order chi connectivity index (χ1) is 10.6. The van der Waals surface area contributed by atoms with E-state index in [4.69, 9.17) is 0 Å². The molecule has 0 fully saturated rings. The summed E-state index contributed by atoms with van der Waals surface area (Å²) in [5, 5.41) is 2.56. The Morgan fingerprint density at radius 3 is 2.14 bits per heavy atom. The lowest BCUT2D eigenvalue weighted by molar-refractivity contribution is -0.113. The van der Waals surface area contributed by atoms with Crippen LogP contribution in [0.4, 0.5) is 5.69 Å². The molecule has 0 radical (unpaired) electrons. The second-order valence-corrected chi connectivity index (χ2v) is 5.57. The predicted octanol–water partition coefficient (Wildman–Crippen LogP) is 3.40. The van der Waals surface area contributed by atoms with Gasteiger partial charge >= 0.3 is 0 Å². The zero-order valence-corrected chi connectivity index (χ0v) is 12.9. The lowest BCUT2D eigenvalue weighted by atomic mass is 10.1. The number of carbonyl (C=O) groups is 3. The van der Waals surface area contributed by atoms with E-state index in [-0.39, 0.29) is 22.6 Å². The number of rotatable bonds is 5. The fourth-order valence-electron chi connectivity index (χ4n) is 1.77. The molecule has 0 aromatic heterocycles. The second-order valence-electron chi connectivity index (χ2n) is 4.62. The van der Waals surface area contributed by atoms with Crippen LogP contribution in [0.1, 0.15) is 27.6 Å². The van der Waals surface area contributed by atoms with Gasteiger partial charge in [-0.05, 0) is 31.2 Å². The maximum Gasteiger partial charge on any atom is 0.234 e. The molecule has 2 aromatic carbocycles. The molecule has 0 saturated carbocycles. The van der Waals surface area contributed by atoms with Crippen LogP contribution in [0.5, 0.6) is 0 Å². The lowest BCUT2D eigenvalue weighted by Crippen LogP contribution is -2.15. The molecule has 2 aromatic rings. The number of ketones is 1. The van der Waals surface area contributed by atoms with E-state index in [1.54, 1.807) is 48.5 Å². The molecule has 4 nitrogen and oxygen atoms in total. The molecule has 1 N–H and O–H groups in total. The summed E-state index contributed by atoms with van der Waals surface area (Å²) in [6.07, 6.45) is 0. The van der Waals surface area contributed by atoms with Gasteiger partial charge in [0.15, 0.2) is 5.78 Å². The van der Waals surface area contributed by atoms with Gasteiger partial charge in [-0.25, -0.2) is 0 Å². The van der Waals surface area contributed by atoms with Gasteiger partial charge < -0.3 is 5.32 Å². The normalized spacial score (nSPS) is 10.0. The van der Waals surface area contributed by atoms with Gasteiger partial charge in [0, 0.05) is 16.8 Å². The molecule has 0 spiro atoms. The summed E-state index contributed by atoms with van der Waals surface area (Å²) < 4.78 is 0. The average molecular weight is 313 g/mol. The summed E-state index contributed by atoms with van der Waals surface area (Å²) in [7, 11) is 0. The third kappa shape index (κ3) is 4.56. The lowest BCUT2D eigenvalue weighted by Gasteiger charge is -2.05. The SMILES string of the molecule is CC(=O)c1ccc(NC(=O)CSC(=O)c2ccccc2)cc1. The van der Waals surface area contributed by atoms with Crippen LogP contribution < -0.4 is 5.32 Å². The maximum atomic E-state index is 11.9. The number of hydrogen-bond acceptors (Lipinski definition) is 4. The zero-order chi connectivity index (χ0) is 15.9. The van der Waals surface area contributed by atoms with Gasteiger partial charge in [0.05, 0.1) is 5.75 Å². The molecule has 0 atom stereocenters. The van der Waals surface area contributed by atoms with Crippen molar-refractivity contribution >= 4 is 34.3 Å². The number of carbonyl (C=O) groups excluding carboxylic acids is 3. The predicted molar refractivity (Wildman–Crippen MR) is 88.3 cm³/mol. The molecule has 0 saturated heterocycles. The molecule has 0 bridgehead atoms. The van der Waals surface area contributed by atoms with Gasteiger partial charge in [-0.2, -0.15) is 0 Å². The summed E-state index contributed by atoms with van der Waals surface area (Å²) in [5.41, 5.74) is 1.76. The van der Waals surface area contributed by atoms with Crippen LogP contribution in [0.15, 0.2) is 54.6 Å². The van der Waals surface area contributed by atoms with Crippen molar-refractivity contribution in [3.8, 4) is 0 Å². The average Bonchev–Trinajstić information content (AvgIpc) is 2.54. The van der Waals surface area contributed by atoms with Crippen molar-refractivity contribution in [3.05, 3.63) is 65.7 Å². The Kier molecular flexibility index (Phi) is 5.49. The van der Waals surface area contributed by atoms with Gasteiger partial charge in [-0.1, -0.05) is 42.1 Å². The number of anilines is 1. The summed E-state index contributed by atoms with van der Waals surface area (Å²) in [6, 6.07) is 15.5. The molecule has 2 rings (SSSR count). The molecule has 5 heteroatoms. The van der Waals surface area contributed by atoms with Crippen LogP contribution in [0.2, 0.25) is 0 Å². The first-order valence-electron chi connectivity index (χ1n) is 6.69. The molecular weight excluding hydrogens is 298 g/mol. The van der Waals surface area contributed by atoms with Gasteiger partial charge in [-0.15, -0.1) is 0 Å². The Morgan fingerprint density at radius 1 is 0.909 bits per heavy atom. The molecular formula is C17H15NO3S. The Labute approximate surface area is 132 Å². The molecule has 0 unspecified atom stereocenters. The van der Waals surface area contributed by atoms with Gasteiger partial charge in [0.2, 0.25) is 11.0 Å². The first kappa shape index (κ1) is 16.0. The quantitative estimate of drug-likeness (QED) is 0.859. The Hall–Kier alpha value is -2.40. The van der Waals surface area contributed by atoms with Crippen LogP contribution >= 0.6 is 11.8 Å². The van der Waals surface area contributed by atoms with E-state index in [9.17, 15) is 14.4 Å². The Bertz CT molecular complexity index is 681. The molecule has 22 heavy (non-hydrogen) atoms. The smallest absolute Gasteiger partial charge is 0.234 e. The van der Waals surface area contributed by atoms with Crippen LogP contribution in [0, 0.1) is 0 Å². The standard InChI is InChI=1S/C17H15NO3S/c1-12(19)13-7-9-15(10-8-13)18-16(20)11-22-17(21)14-5-3-2-4-6-14/h2-10H,11H2,1H3,(H,18,20). The highest BCUT2D eigenvalue weighted by atomic mass is 32.2. The van der Waals surface area contributed by atoms with Gasteiger partial charge in [-0.3, -0.25) is 14.4 Å².